The van der Waals surface area contributed by atoms with Crippen molar-refractivity contribution < 1.29 is 4.74 Å². The zero-order valence-electron chi connectivity index (χ0n) is 8.46. The highest BCUT2D eigenvalue weighted by Gasteiger charge is 2.22. The Morgan fingerprint density at radius 3 is 2.33 bits per heavy atom. The lowest BCUT2D eigenvalue weighted by Gasteiger charge is -2.26. The Balaban J connectivity index is 2.05. The lowest BCUT2D eigenvalue weighted by Crippen LogP contribution is -2.19. The first kappa shape index (κ1) is 11.6. The monoisotopic (exact) mass is 332 g/mol. The third-order valence-corrected chi connectivity index (χ3v) is 4.67. The first-order chi connectivity index (χ1) is 7.27. The SMILES string of the molecule is Brc1ccc(C(Br)C2CCOCC2)cc1. The summed E-state index contributed by atoms with van der Waals surface area (Å²) < 4.78 is 6.51. The summed E-state index contributed by atoms with van der Waals surface area (Å²) in [6.45, 7) is 1.81. The van der Waals surface area contributed by atoms with Gasteiger partial charge in [-0.15, -0.1) is 0 Å². The fourth-order valence-electron chi connectivity index (χ4n) is 1.93. The number of halogens is 2. The quantitative estimate of drug-likeness (QED) is 0.733. The third-order valence-electron chi connectivity index (χ3n) is 2.87. The maximum Gasteiger partial charge on any atom is 0.0469 e. The predicted molar refractivity (Wildman–Crippen MR) is 69.4 cm³/mol. The van der Waals surface area contributed by atoms with Gasteiger partial charge in [-0.05, 0) is 36.5 Å². The van der Waals surface area contributed by atoms with Crippen LogP contribution in [0, 0.1) is 5.92 Å². The van der Waals surface area contributed by atoms with Gasteiger partial charge >= 0.3 is 0 Å². The molecule has 3 heteroatoms. The van der Waals surface area contributed by atoms with E-state index in [2.05, 4.69) is 56.1 Å². The van der Waals surface area contributed by atoms with Crippen molar-refractivity contribution in [1.29, 1.82) is 0 Å². The van der Waals surface area contributed by atoms with E-state index in [1.54, 1.807) is 0 Å². The molecular weight excluding hydrogens is 320 g/mol. The van der Waals surface area contributed by atoms with Gasteiger partial charge in [-0.1, -0.05) is 44.0 Å². The molecule has 2 rings (SSSR count). The third kappa shape index (κ3) is 3.05. The van der Waals surface area contributed by atoms with Gasteiger partial charge in [0, 0.05) is 22.5 Å². The summed E-state index contributed by atoms with van der Waals surface area (Å²) in [7, 11) is 0. The molecular formula is C12H14Br2O. The van der Waals surface area contributed by atoms with E-state index < -0.39 is 0 Å². The largest absolute Gasteiger partial charge is 0.381 e. The van der Waals surface area contributed by atoms with Crippen molar-refractivity contribution in [3.8, 4) is 0 Å². The Labute approximate surface area is 107 Å². The Morgan fingerprint density at radius 1 is 1.13 bits per heavy atom. The molecule has 1 aliphatic rings. The minimum atomic E-state index is 0.467. The zero-order valence-corrected chi connectivity index (χ0v) is 11.6. The molecule has 1 unspecified atom stereocenters. The number of alkyl halides is 1. The molecule has 0 N–H and O–H groups in total. The van der Waals surface area contributed by atoms with Gasteiger partial charge in [0.1, 0.15) is 0 Å². The molecule has 0 radical (unpaired) electrons. The normalized spacial score (nSPS) is 20.1. The zero-order chi connectivity index (χ0) is 10.7. The lowest BCUT2D eigenvalue weighted by molar-refractivity contribution is 0.0662. The van der Waals surface area contributed by atoms with Crippen LogP contribution in [0.1, 0.15) is 23.2 Å². The summed E-state index contributed by atoms with van der Waals surface area (Å²) in [5, 5.41) is 0. The Hall–Kier alpha value is 0.140. The molecule has 0 saturated carbocycles. The number of hydrogen-bond acceptors (Lipinski definition) is 1. The van der Waals surface area contributed by atoms with Gasteiger partial charge < -0.3 is 4.74 Å². The molecule has 1 fully saturated rings. The first-order valence-corrected chi connectivity index (χ1v) is 6.95. The summed E-state index contributed by atoms with van der Waals surface area (Å²) >= 11 is 7.26. The van der Waals surface area contributed by atoms with Crippen LogP contribution in [0.2, 0.25) is 0 Å². The van der Waals surface area contributed by atoms with Crippen LogP contribution in [0.25, 0.3) is 0 Å². The molecule has 0 bridgehead atoms. The molecule has 82 valence electrons. The van der Waals surface area contributed by atoms with Crippen molar-refractivity contribution in [2.24, 2.45) is 5.92 Å². The van der Waals surface area contributed by atoms with Crippen LogP contribution in [0.5, 0.6) is 0 Å². The van der Waals surface area contributed by atoms with Crippen molar-refractivity contribution in [3.05, 3.63) is 34.3 Å². The molecule has 1 atom stereocenters. The van der Waals surface area contributed by atoms with Gasteiger partial charge in [-0.25, -0.2) is 0 Å². The molecule has 0 aliphatic carbocycles. The standard InChI is InChI=1S/C12H14Br2O/c13-11-3-1-9(2-4-11)12(14)10-5-7-15-8-6-10/h1-4,10,12H,5-8H2. The molecule has 1 nitrogen and oxygen atoms in total. The van der Waals surface area contributed by atoms with Crippen molar-refractivity contribution in [2.45, 2.75) is 17.7 Å². The van der Waals surface area contributed by atoms with Crippen LogP contribution < -0.4 is 0 Å². The molecule has 15 heavy (non-hydrogen) atoms. The molecule has 1 heterocycles. The van der Waals surface area contributed by atoms with Gasteiger partial charge in [0.05, 0.1) is 0 Å². The van der Waals surface area contributed by atoms with E-state index in [9.17, 15) is 0 Å². The highest BCUT2D eigenvalue weighted by Crippen LogP contribution is 2.37. The van der Waals surface area contributed by atoms with Crippen LogP contribution in [0.4, 0.5) is 0 Å². The van der Waals surface area contributed by atoms with Crippen LogP contribution in [0.15, 0.2) is 28.7 Å². The fourth-order valence-corrected chi connectivity index (χ4v) is 3.03. The van der Waals surface area contributed by atoms with Crippen LogP contribution >= 0.6 is 31.9 Å². The summed E-state index contributed by atoms with van der Waals surface area (Å²) in [6, 6.07) is 8.56. The highest BCUT2D eigenvalue weighted by molar-refractivity contribution is 9.10. The maximum atomic E-state index is 5.38. The summed E-state index contributed by atoms with van der Waals surface area (Å²) in [6.07, 6.45) is 2.32. The van der Waals surface area contributed by atoms with Crippen LogP contribution in [0.3, 0.4) is 0 Å². The smallest absolute Gasteiger partial charge is 0.0469 e. The van der Waals surface area contributed by atoms with Crippen molar-refractivity contribution in [2.75, 3.05) is 13.2 Å². The molecule has 0 spiro atoms. The van der Waals surface area contributed by atoms with Crippen molar-refractivity contribution in [3.63, 3.8) is 0 Å². The summed E-state index contributed by atoms with van der Waals surface area (Å²) in [5.41, 5.74) is 1.37. The Bertz CT molecular complexity index is 304. The minimum Gasteiger partial charge on any atom is -0.381 e. The van der Waals surface area contributed by atoms with E-state index in [0.717, 1.165) is 30.5 Å². The Morgan fingerprint density at radius 2 is 1.73 bits per heavy atom. The lowest BCUT2D eigenvalue weighted by atomic mass is 9.92. The van der Waals surface area contributed by atoms with Gasteiger partial charge in [0.2, 0.25) is 0 Å². The molecule has 1 aromatic carbocycles. The molecule has 0 amide bonds. The number of hydrogen-bond donors (Lipinski definition) is 0. The molecule has 1 saturated heterocycles. The second-order valence-electron chi connectivity index (χ2n) is 3.90. The molecule has 1 aliphatic heterocycles. The number of rotatable bonds is 2. The topological polar surface area (TPSA) is 9.23 Å². The van der Waals surface area contributed by atoms with E-state index in [4.69, 9.17) is 4.74 Å². The maximum absolute atomic E-state index is 5.38. The summed E-state index contributed by atoms with van der Waals surface area (Å²) in [5.74, 6) is 0.708. The average Bonchev–Trinajstić information content (AvgIpc) is 2.30. The second-order valence-corrected chi connectivity index (χ2v) is 5.81. The first-order valence-electron chi connectivity index (χ1n) is 5.24. The average molecular weight is 334 g/mol. The van der Waals surface area contributed by atoms with E-state index in [-0.39, 0.29) is 0 Å². The van der Waals surface area contributed by atoms with Crippen molar-refractivity contribution in [1.82, 2.24) is 0 Å². The van der Waals surface area contributed by atoms with Crippen LogP contribution in [-0.4, -0.2) is 13.2 Å². The molecule has 0 aromatic heterocycles. The number of benzene rings is 1. The van der Waals surface area contributed by atoms with Gasteiger partial charge in [0.25, 0.3) is 0 Å². The highest BCUT2D eigenvalue weighted by atomic mass is 79.9. The van der Waals surface area contributed by atoms with Gasteiger partial charge in [0.15, 0.2) is 0 Å². The van der Waals surface area contributed by atoms with Gasteiger partial charge in [-0.3, -0.25) is 0 Å². The predicted octanol–water partition coefficient (Wildman–Crippen LogP) is 4.31. The van der Waals surface area contributed by atoms with Crippen molar-refractivity contribution >= 4 is 31.9 Å². The second kappa shape index (κ2) is 5.46. The molecule has 1 aromatic rings. The van der Waals surface area contributed by atoms with E-state index in [1.807, 2.05) is 0 Å². The van der Waals surface area contributed by atoms with E-state index in [0.29, 0.717) is 10.7 Å². The van der Waals surface area contributed by atoms with E-state index in [1.165, 1.54) is 5.56 Å². The van der Waals surface area contributed by atoms with Crippen LogP contribution in [-0.2, 0) is 4.74 Å². The van der Waals surface area contributed by atoms with Gasteiger partial charge in [-0.2, -0.15) is 0 Å². The van der Waals surface area contributed by atoms with E-state index >= 15 is 0 Å². The number of ether oxygens (including phenoxy) is 1. The fraction of sp³-hybridized carbons (Fsp3) is 0.500. The minimum absolute atomic E-state index is 0.467. The summed E-state index contributed by atoms with van der Waals surface area (Å²) in [4.78, 5) is 0.467. The Kier molecular flexibility index (Phi) is 4.23.